The molecule has 0 radical (unpaired) electrons. The Morgan fingerprint density at radius 1 is 0.519 bits per heavy atom. The summed E-state index contributed by atoms with van der Waals surface area (Å²) in [5.41, 5.74) is 2.13. The minimum absolute atomic E-state index is 0.0253. The average molecular weight is 751 g/mol. The molecular formula is C40H46O14. The number of aromatic hydroxyl groups is 1. The van der Waals surface area contributed by atoms with Gasteiger partial charge in [0.25, 0.3) is 0 Å². The molecule has 0 unspecified atom stereocenters. The molecule has 14 nitrogen and oxygen atoms in total. The number of benzene rings is 4. The van der Waals surface area contributed by atoms with Crippen molar-refractivity contribution < 1.29 is 68.9 Å². The Labute approximate surface area is 312 Å². The first-order chi connectivity index (χ1) is 26.2. The van der Waals surface area contributed by atoms with Gasteiger partial charge in [-0.05, 0) is 70.8 Å². The Balaban J connectivity index is 1.42. The fourth-order valence-corrected chi connectivity index (χ4v) is 5.28. The molecule has 54 heavy (non-hydrogen) atoms. The topological polar surface area (TPSA) is 206 Å². The zero-order valence-electron chi connectivity index (χ0n) is 30.1. The Morgan fingerprint density at radius 3 is 1.41 bits per heavy atom. The molecule has 0 aliphatic carbocycles. The van der Waals surface area contributed by atoms with Crippen molar-refractivity contribution in [2.24, 2.45) is 0 Å². The summed E-state index contributed by atoms with van der Waals surface area (Å²) in [4.78, 5) is 0. The van der Waals surface area contributed by atoms with E-state index in [2.05, 4.69) is 0 Å². The van der Waals surface area contributed by atoms with Gasteiger partial charge in [0.1, 0.15) is 12.2 Å². The van der Waals surface area contributed by atoms with Crippen LogP contribution in [0, 0.1) is 0 Å². The van der Waals surface area contributed by atoms with E-state index in [1.54, 1.807) is 66.8 Å². The summed E-state index contributed by atoms with van der Waals surface area (Å²) in [6, 6.07) is 18.9. The van der Waals surface area contributed by atoms with Gasteiger partial charge in [-0.3, -0.25) is 0 Å². The van der Waals surface area contributed by atoms with E-state index in [0.717, 1.165) is 11.1 Å². The number of aliphatic hydroxyl groups is 6. The predicted octanol–water partition coefficient (Wildman–Crippen LogP) is 3.79. The van der Waals surface area contributed by atoms with Crippen LogP contribution in [0.1, 0.15) is 34.5 Å². The Hall–Kier alpha value is -5.48. The summed E-state index contributed by atoms with van der Waals surface area (Å²) in [5, 5.41) is 71.0. The molecule has 0 fully saturated rings. The lowest BCUT2D eigenvalue weighted by Crippen LogP contribution is -2.29. The predicted molar refractivity (Wildman–Crippen MR) is 198 cm³/mol. The third kappa shape index (κ3) is 10.8. The second-order valence-corrected chi connectivity index (χ2v) is 11.6. The number of hydrogen-bond acceptors (Lipinski definition) is 14. The maximum Gasteiger partial charge on any atom is 0.231 e. The lowest BCUT2D eigenvalue weighted by atomic mass is 10.0. The lowest BCUT2D eigenvalue weighted by Gasteiger charge is -2.24. The van der Waals surface area contributed by atoms with E-state index in [9.17, 15) is 25.5 Å². The summed E-state index contributed by atoms with van der Waals surface area (Å²) >= 11 is 0. The highest BCUT2D eigenvalue weighted by atomic mass is 16.7. The molecule has 4 rings (SSSR count). The highest BCUT2D eigenvalue weighted by Crippen LogP contribution is 2.37. The van der Waals surface area contributed by atoms with Crippen molar-refractivity contribution >= 4 is 12.2 Å². The number of rotatable bonds is 21. The Kier molecular flexibility index (Phi) is 15.8. The maximum atomic E-state index is 11.1. The van der Waals surface area contributed by atoms with E-state index in [4.69, 9.17) is 43.4 Å². The number of phenolic OH excluding ortho intramolecular Hbond substituents is 1. The van der Waals surface area contributed by atoms with E-state index < -0.39 is 44.4 Å². The monoisotopic (exact) mass is 750 g/mol. The minimum Gasteiger partial charge on any atom is -0.504 e. The summed E-state index contributed by atoms with van der Waals surface area (Å²) in [7, 11) is 4.32. The smallest absolute Gasteiger partial charge is 0.231 e. The molecule has 4 aromatic carbocycles. The van der Waals surface area contributed by atoms with Crippen LogP contribution in [0.15, 0.2) is 84.9 Å². The molecule has 0 aliphatic rings. The van der Waals surface area contributed by atoms with E-state index in [1.165, 1.54) is 51.7 Å². The average Bonchev–Trinajstić information content (AvgIpc) is 3.20. The zero-order chi connectivity index (χ0) is 39.0. The van der Waals surface area contributed by atoms with Crippen LogP contribution >= 0.6 is 0 Å². The Morgan fingerprint density at radius 2 is 0.944 bits per heavy atom. The van der Waals surface area contributed by atoms with Crippen molar-refractivity contribution in [3.63, 3.8) is 0 Å². The van der Waals surface area contributed by atoms with Gasteiger partial charge in [0.2, 0.25) is 6.79 Å². The van der Waals surface area contributed by atoms with E-state index >= 15 is 0 Å². The molecule has 0 aromatic heterocycles. The van der Waals surface area contributed by atoms with Crippen molar-refractivity contribution in [3.8, 4) is 46.0 Å². The first-order valence-electron chi connectivity index (χ1n) is 16.8. The van der Waals surface area contributed by atoms with Crippen molar-refractivity contribution in [2.45, 2.75) is 24.4 Å². The number of ether oxygens (including phenoxy) is 7. The van der Waals surface area contributed by atoms with Crippen LogP contribution in [0.2, 0.25) is 0 Å². The SMILES string of the molecule is COc1cc([C@@H](O)[C@H](CO)Oc2ccc(/C=C/CO)cc2OC)ccc1OCOc1cc([C@@H](O)[C@H](CO)Oc2ccc(/C=C/CO)cc2OC)ccc1O. The first-order valence-corrected chi connectivity index (χ1v) is 16.8. The van der Waals surface area contributed by atoms with Crippen molar-refractivity contribution in [1.29, 1.82) is 0 Å². The van der Waals surface area contributed by atoms with Gasteiger partial charge in [-0.2, -0.15) is 0 Å². The number of aliphatic hydroxyl groups excluding tert-OH is 6. The van der Waals surface area contributed by atoms with E-state index in [1.807, 2.05) is 0 Å². The molecule has 4 atom stereocenters. The highest BCUT2D eigenvalue weighted by Gasteiger charge is 2.26. The van der Waals surface area contributed by atoms with E-state index in [-0.39, 0.29) is 47.5 Å². The third-order valence-electron chi connectivity index (χ3n) is 8.11. The molecular weight excluding hydrogens is 704 g/mol. The van der Waals surface area contributed by atoms with Gasteiger partial charge in [-0.15, -0.1) is 0 Å². The molecule has 0 saturated carbocycles. The molecule has 0 aliphatic heterocycles. The number of methoxy groups -OCH3 is 3. The van der Waals surface area contributed by atoms with Crippen molar-refractivity contribution in [2.75, 3.05) is 54.5 Å². The second kappa shape index (κ2) is 20.7. The van der Waals surface area contributed by atoms with Gasteiger partial charge < -0.3 is 68.9 Å². The lowest BCUT2D eigenvalue weighted by molar-refractivity contribution is -0.000766. The maximum absolute atomic E-state index is 11.1. The fourth-order valence-electron chi connectivity index (χ4n) is 5.28. The molecule has 0 amide bonds. The van der Waals surface area contributed by atoms with Gasteiger partial charge in [0.05, 0.1) is 47.8 Å². The number of hydrogen-bond donors (Lipinski definition) is 7. The van der Waals surface area contributed by atoms with Crippen LogP contribution in [0.5, 0.6) is 46.0 Å². The summed E-state index contributed by atoms with van der Waals surface area (Å²) in [6.07, 6.45) is 1.70. The van der Waals surface area contributed by atoms with Crippen molar-refractivity contribution in [3.05, 3.63) is 107 Å². The van der Waals surface area contributed by atoms with Crippen LogP contribution in [-0.4, -0.2) is 103 Å². The minimum atomic E-state index is -1.35. The molecule has 4 aromatic rings. The van der Waals surface area contributed by atoms with Gasteiger partial charge in [-0.1, -0.05) is 48.6 Å². The van der Waals surface area contributed by atoms with Gasteiger partial charge in [0.15, 0.2) is 58.2 Å². The van der Waals surface area contributed by atoms with Crippen LogP contribution in [0.3, 0.4) is 0 Å². The molecule has 0 saturated heterocycles. The van der Waals surface area contributed by atoms with Crippen LogP contribution < -0.4 is 33.2 Å². The van der Waals surface area contributed by atoms with Crippen LogP contribution in [-0.2, 0) is 0 Å². The normalized spacial score (nSPS) is 13.6. The summed E-state index contributed by atoms with van der Waals surface area (Å²) in [6.45, 7) is -1.73. The molecule has 0 spiro atoms. The zero-order valence-corrected chi connectivity index (χ0v) is 30.1. The molecule has 290 valence electrons. The van der Waals surface area contributed by atoms with Crippen molar-refractivity contribution in [1.82, 2.24) is 0 Å². The fraction of sp³-hybridized carbons (Fsp3) is 0.300. The Bertz CT molecular complexity index is 1840. The quantitative estimate of drug-likeness (QED) is 0.0606. The highest BCUT2D eigenvalue weighted by molar-refractivity contribution is 5.57. The van der Waals surface area contributed by atoms with Gasteiger partial charge >= 0.3 is 0 Å². The third-order valence-corrected chi connectivity index (χ3v) is 8.11. The number of phenols is 1. The molecule has 0 heterocycles. The van der Waals surface area contributed by atoms with Gasteiger partial charge in [0, 0.05) is 0 Å². The molecule has 7 N–H and O–H groups in total. The molecule has 14 heteroatoms. The second-order valence-electron chi connectivity index (χ2n) is 11.6. The summed E-state index contributed by atoms with van der Waals surface area (Å²) in [5.74, 6) is 1.48. The molecule has 0 bridgehead atoms. The summed E-state index contributed by atoms with van der Waals surface area (Å²) < 4.78 is 39.6. The van der Waals surface area contributed by atoms with Crippen LogP contribution in [0.4, 0.5) is 0 Å². The first kappa shape index (κ1) is 41.3. The van der Waals surface area contributed by atoms with Crippen LogP contribution in [0.25, 0.3) is 12.2 Å². The van der Waals surface area contributed by atoms with E-state index in [0.29, 0.717) is 22.8 Å². The standard InChI is InChI=1S/C40H46O14/c1-48-34-18-25(6-4-16-41)8-13-31(34)53-37(22-43)39(46)27-10-12-29(45)33(20-27)52-24-51-30-15-11-28(21-36(30)50-3)40(47)38(23-44)54-32-14-9-26(7-5-17-42)19-35(32)49-2/h4-15,18-21,37-47H,16-17,22-24H2,1-3H3/b6-4+,7-5+/t37-,38-,39+,40+/m0/s1. The van der Waals surface area contributed by atoms with Gasteiger partial charge in [-0.25, -0.2) is 0 Å². The largest absolute Gasteiger partial charge is 0.504 e.